The van der Waals surface area contributed by atoms with Crippen LogP contribution in [0.25, 0.3) is 0 Å². The summed E-state index contributed by atoms with van der Waals surface area (Å²) in [6.45, 7) is -1.00. The van der Waals surface area contributed by atoms with Gasteiger partial charge in [-0.15, -0.1) is 0 Å². The highest BCUT2D eigenvalue weighted by molar-refractivity contribution is 6.08. The molecule has 170 valence electrons. The van der Waals surface area contributed by atoms with E-state index in [4.69, 9.17) is 13.9 Å². The number of amides is 2. The number of esters is 2. The number of carbonyl (C=O) groups is 5. The van der Waals surface area contributed by atoms with Crippen LogP contribution < -0.4 is 4.74 Å². The van der Waals surface area contributed by atoms with Crippen molar-refractivity contribution in [1.29, 1.82) is 0 Å². The summed E-state index contributed by atoms with van der Waals surface area (Å²) in [5, 5.41) is 0. The largest absolute Gasteiger partial charge is 0.457 e. The predicted molar refractivity (Wildman–Crippen MR) is 110 cm³/mol. The van der Waals surface area contributed by atoms with E-state index in [1.54, 1.807) is 6.07 Å². The summed E-state index contributed by atoms with van der Waals surface area (Å²) in [7, 11) is 0. The molecule has 0 spiro atoms. The Morgan fingerprint density at radius 2 is 1.64 bits per heavy atom. The number of rotatable bonds is 7. The molecule has 5 rings (SSSR count). The van der Waals surface area contributed by atoms with Crippen molar-refractivity contribution in [3.8, 4) is 5.75 Å². The molecule has 2 aromatic rings. The Morgan fingerprint density at radius 1 is 0.970 bits per heavy atom. The number of hydrogen-bond donors (Lipinski definition) is 0. The first kappa shape index (κ1) is 21.1. The Labute approximate surface area is 188 Å². The lowest BCUT2D eigenvalue weighted by atomic mass is 9.81. The third-order valence-electron chi connectivity index (χ3n) is 6.78. The fraction of sp³-hybridized carbons (Fsp3) is 0.375. The lowest BCUT2D eigenvalue weighted by Gasteiger charge is -2.19. The minimum atomic E-state index is -0.804. The first-order valence-corrected chi connectivity index (χ1v) is 10.8. The SMILES string of the molecule is O=C(CN1C(=O)C2C3CCC(C3)C2C1=O)OCC(=O)c1ccc(OC(=O)c2ccco2)cc1. The molecule has 2 heterocycles. The van der Waals surface area contributed by atoms with E-state index in [0.717, 1.165) is 24.2 Å². The fourth-order valence-electron chi connectivity index (χ4n) is 5.29. The van der Waals surface area contributed by atoms with Gasteiger partial charge in [0.15, 0.2) is 12.4 Å². The summed E-state index contributed by atoms with van der Waals surface area (Å²) in [4.78, 5) is 62.7. The second-order valence-corrected chi connectivity index (χ2v) is 8.62. The van der Waals surface area contributed by atoms with E-state index in [1.165, 1.54) is 36.6 Å². The standard InChI is InChI=1S/C24H21NO8/c26-17(13-5-7-16(8-6-13)33-24(30)18-2-1-9-31-18)12-32-19(27)11-25-22(28)20-14-3-4-15(10-14)21(20)23(25)29/h1-2,5-9,14-15,20-21H,3-4,10-12H2. The molecule has 1 aromatic heterocycles. The van der Waals surface area contributed by atoms with E-state index in [-0.39, 0.29) is 52.6 Å². The number of ketones is 1. The van der Waals surface area contributed by atoms with E-state index < -0.39 is 30.9 Å². The second kappa shape index (κ2) is 8.31. The van der Waals surface area contributed by atoms with Crippen LogP contribution in [0.5, 0.6) is 5.75 Å². The second-order valence-electron chi connectivity index (χ2n) is 8.62. The number of hydrogen-bond acceptors (Lipinski definition) is 8. The van der Waals surface area contributed by atoms with Gasteiger partial charge in [-0.05, 0) is 67.5 Å². The number of fused-ring (bicyclic) bond motifs is 5. The van der Waals surface area contributed by atoms with Crippen molar-refractivity contribution in [2.75, 3.05) is 13.2 Å². The molecule has 1 aliphatic heterocycles. The molecular weight excluding hydrogens is 430 g/mol. The lowest BCUT2D eigenvalue weighted by Crippen LogP contribution is -2.38. The van der Waals surface area contributed by atoms with Crippen LogP contribution in [0.3, 0.4) is 0 Å². The van der Waals surface area contributed by atoms with Crippen molar-refractivity contribution in [3.05, 3.63) is 54.0 Å². The van der Waals surface area contributed by atoms with Crippen LogP contribution in [0.4, 0.5) is 0 Å². The van der Waals surface area contributed by atoms with Gasteiger partial charge in [0, 0.05) is 5.56 Å². The zero-order valence-electron chi connectivity index (χ0n) is 17.6. The molecule has 1 aromatic carbocycles. The van der Waals surface area contributed by atoms with Crippen molar-refractivity contribution >= 4 is 29.5 Å². The molecule has 2 bridgehead atoms. The summed E-state index contributed by atoms with van der Waals surface area (Å²) in [5.41, 5.74) is 0.250. The third kappa shape index (κ3) is 3.83. The molecule has 3 aliphatic rings. The molecule has 0 N–H and O–H groups in total. The van der Waals surface area contributed by atoms with Gasteiger partial charge < -0.3 is 13.9 Å². The topological polar surface area (TPSA) is 120 Å². The Bertz CT molecular complexity index is 1090. The molecule has 0 radical (unpaired) electrons. The summed E-state index contributed by atoms with van der Waals surface area (Å²) in [6.07, 6.45) is 4.18. The molecule has 2 aliphatic carbocycles. The Kier molecular flexibility index (Phi) is 5.32. The van der Waals surface area contributed by atoms with Crippen molar-refractivity contribution in [1.82, 2.24) is 4.90 Å². The van der Waals surface area contributed by atoms with E-state index in [9.17, 15) is 24.0 Å². The van der Waals surface area contributed by atoms with Crippen LogP contribution in [0.15, 0.2) is 47.1 Å². The summed E-state index contributed by atoms with van der Waals surface area (Å²) < 4.78 is 15.1. The molecule has 2 saturated carbocycles. The molecule has 1 saturated heterocycles. The van der Waals surface area contributed by atoms with Gasteiger partial charge in [-0.1, -0.05) is 0 Å². The highest BCUT2D eigenvalue weighted by atomic mass is 16.5. The average Bonchev–Trinajstić information content (AvgIpc) is 3.60. The number of likely N-dealkylation sites (tertiary alicyclic amines) is 1. The summed E-state index contributed by atoms with van der Waals surface area (Å²) >= 11 is 0. The number of ether oxygens (including phenoxy) is 2. The molecule has 33 heavy (non-hydrogen) atoms. The number of imide groups is 1. The normalized spacial score (nSPS) is 25.3. The van der Waals surface area contributed by atoms with E-state index in [0.29, 0.717) is 0 Å². The molecule has 4 atom stereocenters. The van der Waals surface area contributed by atoms with Crippen molar-refractivity contribution < 1.29 is 37.9 Å². The number of Topliss-reactive ketones (excluding diaryl/α,β-unsaturated/α-hetero) is 1. The summed E-state index contributed by atoms with van der Waals surface area (Å²) in [5.74, 6) is -2.39. The molecule has 9 heteroatoms. The molecular formula is C24H21NO8. The first-order chi connectivity index (χ1) is 15.9. The van der Waals surface area contributed by atoms with Crippen LogP contribution in [0, 0.1) is 23.7 Å². The number of nitrogens with zero attached hydrogens (tertiary/aromatic N) is 1. The first-order valence-electron chi connectivity index (χ1n) is 10.8. The van der Waals surface area contributed by atoms with Gasteiger partial charge in [0.1, 0.15) is 12.3 Å². The van der Waals surface area contributed by atoms with Crippen LogP contribution in [0.2, 0.25) is 0 Å². The number of carbonyl (C=O) groups excluding carboxylic acids is 5. The Morgan fingerprint density at radius 3 is 2.24 bits per heavy atom. The van der Waals surface area contributed by atoms with Gasteiger partial charge >= 0.3 is 11.9 Å². The minimum Gasteiger partial charge on any atom is -0.457 e. The fourth-order valence-corrected chi connectivity index (χ4v) is 5.29. The van der Waals surface area contributed by atoms with Crippen molar-refractivity contribution in [2.24, 2.45) is 23.7 Å². The van der Waals surface area contributed by atoms with E-state index in [1.807, 2.05) is 0 Å². The number of benzene rings is 1. The predicted octanol–water partition coefficient (Wildman–Crippen LogP) is 2.26. The molecule has 3 fully saturated rings. The van der Waals surface area contributed by atoms with Crippen LogP contribution in [0.1, 0.15) is 40.2 Å². The maximum atomic E-state index is 12.7. The Hall–Kier alpha value is -3.75. The maximum Gasteiger partial charge on any atom is 0.379 e. The van der Waals surface area contributed by atoms with Crippen LogP contribution in [-0.4, -0.2) is 47.6 Å². The zero-order chi connectivity index (χ0) is 23.1. The molecule has 9 nitrogen and oxygen atoms in total. The zero-order valence-corrected chi connectivity index (χ0v) is 17.6. The number of furan rings is 1. The Balaban J connectivity index is 1.12. The van der Waals surface area contributed by atoms with Gasteiger partial charge in [-0.25, -0.2) is 4.79 Å². The maximum absolute atomic E-state index is 12.7. The monoisotopic (exact) mass is 451 g/mol. The third-order valence-corrected chi connectivity index (χ3v) is 6.78. The minimum absolute atomic E-state index is 0.0494. The van der Waals surface area contributed by atoms with Gasteiger partial charge in [-0.3, -0.25) is 24.1 Å². The lowest BCUT2D eigenvalue weighted by molar-refractivity contribution is -0.152. The van der Waals surface area contributed by atoms with Gasteiger partial charge in [-0.2, -0.15) is 0 Å². The smallest absolute Gasteiger partial charge is 0.379 e. The van der Waals surface area contributed by atoms with Crippen LogP contribution in [-0.2, 0) is 19.1 Å². The van der Waals surface area contributed by atoms with Gasteiger partial charge in [0.05, 0.1) is 18.1 Å². The highest BCUT2D eigenvalue weighted by Gasteiger charge is 2.61. The van der Waals surface area contributed by atoms with E-state index in [2.05, 4.69) is 0 Å². The van der Waals surface area contributed by atoms with Gasteiger partial charge in [0.25, 0.3) is 0 Å². The molecule has 2 amide bonds. The average molecular weight is 451 g/mol. The van der Waals surface area contributed by atoms with Crippen molar-refractivity contribution in [2.45, 2.75) is 19.3 Å². The molecule has 4 unspecified atom stereocenters. The highest BCUT2D eigenvalue weighted by Crippen LogP contribution is 2.56. The van der Waals surface area contributed by atoms with Gasteiger partial charge in [0.2, 0.25) is 17.6 Å². The summed E-state index contributed by atoms with van der Waals surface area (Å²) in [6, 6.07) is 8.77. The van der Waals surface area contributed by atoms with E-state index >= 15 is 0 Å². The van der Waals surface area contributed by atoms with Crippen molar-refractivity contribution in [3.63, 3.8) is 0 Å². The van der Waals surface area contributed by atoms with Crippen LogP contribution >= 0.6 is 0 Å². The quantitative estimate of drug-likeness (QED) is 0.272.